The van der Waals surface area contributed by atoms with Gasteiger partial charge < -0.3 is 14.6 Å². The van der Waals surface area contributed by atoms with Crippen LogP contribution in [0.2, 0.25) is 0 Å². The normalized spacial score (nSPS) is 19.4. The third kappa shape index (κ3) is 4.97. The number of aromatic nitrogens is 4. The first kappa shape index (κ1) is 27.3. The first-order valence-corrected chi connectivity index (χ1v) is 15.4. The van der Waals surface area contributed by atoms with Crippen LogP contribution in [-0.2, 0) is 28.4 Å². The highest BCUT2D eigenvalue weighted by atomic mass is 32.2. The molecule has 1 N–H and O–H groups in total. The van der Waals surface area contributed by atoms with Crippen molar-refractivity contribution in [1.29, 1.82) is 0 Å². The zero-order valence-electron chi connectivity index (χ0n) is 23.5. The van der Waals surface area contributed by atoms with Gasteiger partial charge in [0.15, 0.2) is 5.65 Å². The van der Waals surface area contributed by atoms with E-state index in [4.69, 9.17) is 0 Å². The van der Waals surface area contributed by atoms with Gasteiger partial charge in [0.1, 0.15) is 10.7 Å². The Labute approximate surface area is 239 Å². The first-order chi connectivity index (χ1) is 19.6. The summed E-state index contributed by atoms with van der Waals surface area (Å²) in [5.74, 6) is -0.826. The predicted octanol–water partition coefficient (Wildman–Crippen LogP) is 4.15. The molecule has 0 spiro atoms. The van der Waals surface area contributed by atoms with Crippen molar-refractivity contribution in [3.05, 3.63) is 76.7 Å². The van der Waals surface area contributed by atoms with Crippen molar-refractivity contribution in [2.24, 2.45) is 7.05 Å². The Morgan fingerprint density at radius 1 is 1.12 bits per heavy atom. The van der Waals surface area contributed by atoms with E-state index in [0.717, 1.165) is 59.3 Å². The summed E-state index contributed by atoms with van der Waals surface area (Å²) in [7, 11) is -1.94. The van der Waals surface area contributed by atoms with Crippen molar-refractivity contribution in [1.82, 2.24) is 24.1 Å². The van der Waals surface area contributed by atoms with E-state index in [1.165, 1.54) is 0 Å². The van der Waals surface area contributed by atoms with Crippen LogP contribution in [-0.4, -0.2) is 62.7 Å². The van der Waals surface area contributed by atoms with Gasteiger partial charge in [-0.3, -0.25) is 4.79 Å². The summed E-state index contributed by atoms with van der Waals surface area (Å²) in [6, 6.07) is 13.2. The second kappa shape index (κ2) is 10.5. The number of hydrogen-bond donors (Lipinski definition) is 1. The fraction of sp³-hybridized carbons (Fsp3) is 0.400. The predicted molar refractivity (Wildman–Crippen MR) is 155 cm³/mol. The highest BCUT2D eigenvalue weighted by molar-refractivity contribution is 7.89. The van der Waals surface area contributed by atoms with Gasteiger partial charge in [0.25, 0.3) is 0 Å². The number of hydrogen-bond acceptors (Lipinski definition) is 7. The Balaban J connectivity index is 1.40. The molecule has 0 saturated carbocycles. The number of carboxylic acids is 1. The van der Waals surface area contributed by atoms with Crippen LogP contribution < -0.4 is 4.90 Å². The second-order valence-electron chi connectivity index (χ2n) is 11.2. The molecule has 0 radical (unpaired) electrons. The van der Waals surface area contributed by atoms with Crippen molar-refractivity contribution in [2.75, 3.05) is 18.0 Å². The Hall–Kier alpha value is -3.83. The van der Waals surface area contributed by atoms with Crippen molar-refractivity contribution in [2.45, 2.75) is 62.9 Å². The molecule has 10 nitrogen and oxygen atoms in total. The average Bonchev–Trinajstić information content (AvgIpc) is 3.23. The zero-order valence-corrected chi connectivity index (χ0v) is 24.3. The van der Waals surface area contributed by atoms with Gasteiger partial charge in [0.05, 0.1) is 12.1 Å². The topological polar surface area (TPSA) is 122 Å². The number of carboxylic acid groups (broad SMARTS) is 1. The van der Waals surface area contributed by atoms with Crippen LogP contribution in [0.25, 0.3) is 11.0 Å². The third-order valence-corrected chi connectivity index (χ3v) is 10.3. The molecule has 2 aliphatic heterocycles. The molecule has 2 atom stereocenters. The number of anilines is 1. The molecule has 214 valence electrons. The van der Waals surface area contributed by atoms with Gasteiger partial charge in [-0.15, -0.1) is 5.10 Å². The van der Waals surface area contributed by atoms with E-state index in [0.29, 0.717) is 18.0 Å². The van der Waals surface area contributed by atoms with Gasteiger partial charge in [-0.25, -0.2) is 13.4 Å². The van der Waals surface area contributed by atoms with Crippen molar-refractivity contribution >= 4 is 32.8 Å². The number of aryl methyl sites for hydroxylation is 3. The lowest BCUT2D eigenvalue weighted by molar-refractivity contribution is -0.137. The Morgan fingerprint density at radius 3 is 2.76 bits per heavy atom. The number of nitrogens with zero attached hydrogens (tertiary/aromatic N) is 6. The molecule has 4 aromatic rings. The van der Waals surface area contributed by atoms with Gasteiger partial charge in [0.2, 0.25) is 10.0 Å². The number of carbonyl (C=O) groups is 1. The summed E-state index contributed by atoms with van der Waals surface area (Å²) < 4.78 is 31.5. The minimum absolute atomic E-state index is 0.0540. The summed E-state index contributed by atoms with van der Waals surface area (Å²) in [4.78, 5) is 18.9. The molecule has 0 aliphatic carbocycles. The maximum Gasteiger partial charge on any atom is 0.304 e. The van der Waals surface area contributed by atoms with E-state index < -0.39 is 21.9 Å². The number of sulfonamides is 1. The molecule has 5 heterocycles. The van der Waals surface area contributed by atoms with E-state index in [1.54, 1.807) is 22.6 Å². The van der Waals surface area contributed by atoms with Crippen molar-refractivity contribution < 1.29 is 18.3 Å². The van der Waals surface area contributed by atoms with Gasteiger partial charge in [-0.2, -0.15) is 9.40 Å². The van der Waals surface area contributed by atoms with Crippen molar-refractivity contribution in [3.63, 3.8) is 0 Å². The molecular weight excluding hydrogens is 540 g/mol. The Bertz CT molecular complexity index is 1750. The van der Waals surface area contributed by atoms with E-state index in [-0.39, 0.29) is 23.9 Å². The molecule has 0 bridgehead atoms. The highest BCUT2D eigenvalue weighted by Crippen LogP contribution is 2.37. The number of pyridine rings is 1. The Kier molecular flexibility index (Phi) is 7.03. The maximum atomic E-state index is 14.0. The number of aliphatic carboxylic acids is 1. The maximum absolute atomic E-state index is 14.0. The summed E-state index contributed by atoms with van der Waals surface area (Å²) >= 11 is 0. The van der Waals surface area contributed by atoms with Crippen LogP contribution in [0.15, 0.2) is 53.6 Å². The van der Waals surface area contributed by atoms with Gasteiger partial charge in [-0.1, -0.05) is 18.2 Å². The van der Waals surface area contributed by atoms with Crippen LogP contribution in [0.1, 0.15) is 59.7 Å². The van der Waals surface area contributed by atoms with Crippen molar-refractivity contribution in [3.8, 4) is 0 Å². The van der Waals surface area contributed by atoms with Crippen LogP contribution in [0.3, 0.4) is 0 Å². The lowest BCUT2D eigenvalue weighted by atomic mass is 9.89. The zero-order chi connectivity index (χ0) is 28.9. The summed E-state index contributed by atoms with van der Waals surface area (Å²) in [6.07, 6.45) is 4.52. The quantitative estimate of drug-likeness (QED) is 0.365. The fourth-order valence-electron chi connectivity index (χ4n) is 6.31. The molecule has 0 amide bonds. The smallest absolute Gasteiger partial charge is 0.304 e. The van der Waals surface area contributed by atoms with E-state index in [1.807, 2.05) is 55.8 Å². The average molecular weight is 575 g/mol. The molecule has 11 heteroatoms. The second-order valence-corrected chi connectivity index (χ2v) is 13.1. The number of benzene rings is 1. The molecule has 1 saturated heterocycles. The molecule has 1 fully saturated rings. The molecule has 3 aromatic heterocycles. The van der Waals surface area contributed by atoms with Gasteiger partial charge in [0, 0.05) is 55.9 Å². The molecule has 6 rings (SSSR count). The van der Waals surface area contributed by atoms with Gasteiger partial charge >= 0.3 is 5.97 Å². The Morgan fingerprint density at radius 2 is 1.95 bits per heavy atom. The highest BCUT2D eigenvalue weighted by Gasteiger charge is 2.39. The van der Waals surface area contributed by atoms with Crippen LogP contribution >= 0.6 is 0 Å². The summed E-state index contributed by atoms with van der Waals surface area (Å²) in [5.41, 5.74) is 4.91. The van der Waals surface area contributed by atoms with Crippen LogP contribution in [0.4, 0.5) is 5.82 Å². The fourth-order valence-corrected chi connectivity index (χ4v) is 7.92. The van der Waals surface area contributed by atoms with Crippen LogP contribution in [0, 0.1) is 13.8 Å². The summed E-state index contributed by atoms with van der Waals surface area (Å²) in [6.45, 7) is 5.20. The standard InChI is InChI=1S/C30H34N6O4S/c1-19-9-10-21(25(16-28(37)38)26-15-22-13-20(2)32-33-29(22)34(26)3)14-23(19)17-35-18-24-7-4-5-12-36(24)30-27(41(35,39)40)8-6-11-31-30/h6,8-11,13-15,24-25H,4-5,7,12,16-18H2,1-3H3,(H,37,38)/t24-,25+/m1/s1. The first-order valence-electron chi connectivity index (χ1n) is 14.0. The van der Waals surface area contributed by atoms with E-state index in [9.17, 15) is 18.3 Å². The third-order valence-electron chi connectivity index (χ3n) is 8.47. The number of rotatable bonds is 6. The lowest BCUT2D eigenvalue weighted by Gasteiger charge is -2.36. The lowest BCUT2D eigenvalue weighted by Crippen LogP contribution is -2.45. The minimum atomic E-state index is -3.81. The largest absolute Gasteiger partial charge is 0.481 e. The minimum Gasteiger partial charge on any atom is -0.481 e. The molecule has 2 aliphatic rings. The van der Waals surface area contributed by atoms with Crippen LogP contribution in [0.5, 0.6) is 0 Å². The van der Waals surface area contributed by atoms with E-state index in [2.05, 4.69) is 20.1 Å². The molecule has 1 aromatic carbocycles. The monoisotopic (exact) mass is 574 g/mol. The SMILES string of the molecule is Cc1cc2cc([C@@H](CC(=O)O)c3ccc(C)c(CN4C[C@H]5CCCCN5c5ncccc5S4(=O)=O)c3)n(C)c2nn1. The van der Waals surface area contributed by atoms with Gasteiger partial charge in [-0.05, 0) is 74.1 Å². The molecular formula is C30H34N6O4S. The summed E-state index contributed by atoms with van der Waals surface area (Å²) in [5, 5.41) is 19.3. The number of fused-ring (bicyclic) bond motifs is 4. The van der Waals surface area contributed by atoms with E-state index >= 15 is 0 Å². The molecule has 41 heavy (non-hydrogen) atoms. The molecule has 0 unspecified atom stereocenters. The number of piperidine rings is 1.